The number of rotatable bonds is 1. The van der Waals surface area contributed by atoms with Gasteiger partial charge in [0.05, 0.1) is 20.8 Å². The minimum Gasteiger partial charge on any atom is -0.507 e. The lowest BCUT2D eigenvalue weighted by molar-refractivity contribution is 0.478. The Labute approximate surface area is 107 Å². The number of hydrogen-bond acceptors (Lipinski definition) is 3. The van der Waals surface area contributed by atoms with Gasteiger partial charge in [0.15, 0.2) is 0 Å². The molecule has 0 atom stereocenters. The van der Waals surface area contributed by atoms with E-state index in [1.165, 1.54) is 12.1 Å². The van der Waals surface area contributed by atoms with Crippen LogP contribution in [-0.4, -0.2) is 10.1 Å². The largest absolute Gasteiger partial charge is 0.507 e. The molecule has 1 aromatic heterocycles. The summed E-state index contributed by atoms with van der Waals surface area (Å²) in [5.74, 6) is -0.126. The number of aryl methyl sites for hydroxylation is 1. The molecule has 2 aromatic carbocycles. The van der Waals surface area contributed by atoms with Crippen molar-refractivity contribution in [2.45, 2.75) is 6.92 Å². The van der Waals surface area contributed by atoms with Crippen molar-refractivity contribution in [2.24, 2.45) is 0 Å². The maximum atomic E-state index is 12.9. The van der Waals surface area contributed by atoms with Crippen LogP contribution in [0.4, 0.5) is 4.39 Å². The number of halogens is 1. The molecule has 0 bridgehead atoms. The molecular weight excluding hydrogens is 249 g/mol. The molecule has 18 heavy (non-hydrogen) atoms. The molecule has 0 amide bonds. The van der Waals surface area contributed by atoms with Gasteiger partial charge in [0.2, 0.25) is 0 Å². The van der Waals surface area contributed by atoms with Crippen LogP contribution >= 0.6 is 11.3 Å². The third-order valence-corrected chi connectivity index (χ3v) is 3.71. The number of fused-ring (bicyclic) bond motifs is 1. The smallest absolute Gasteiger partial charge is 0.125 e. The van der Waals surface area contributed by atoms with Gasteiger partial charge in [0.25, 0.3) is 0 Å². The van der Waals surface area contributed by atoms with Crippen molar-refractivity contribution in [3.05, 3.63) is 47.2 Å². The summed E-state index contributed by atoms with van der Waals surface area (Å²) in [7, 11) is 0. The van der Waals surface area contributed by atoms with Gasteiger partial charge in [-0.15, -0.1) is 11.3 Å². The van der Waals surface area contributed by atoms with Crippen molar-refractivity contribution in [3.8, 4) is 16.9 Å². The van der Waals surface area contributed by atoms with E-state index in [9.17, 15) is 9.50 Å². The highest BCUT2D eigenvalue weighted by molar-refractivity contribution is 7.18. The van der Waals surface area contributed by atoms with Crippen LogP contribution in [0.2, 0.25) is 0 Å². The lowest BCUT2D eigenvalue weighted by atomic mass is 10.0. The summed E-state index contributed by atoms with van der Waals surface area (Å²) in [5.41, 5.74) is 2.20. The van der Waals surface area contributed by atoms with E-state index in [4.69, 9.17) is 0 Å². The predicted molar refractivity (Wildman–Crippen MR) is 71.4 cm³/mol. The van der Waals surface area contributed by atoms with E-state index < -0.39 is 0 Å². The normalized spacial score (nSPS) is 11.0. The maximum absolute atomic E-state index is 12.9. The lowest BCUT2D eigenvalue weighted by Gasteiger charge is -2.05. The Morgan fingerprint density at radius 1 is 1.11 bits per heavy atom. The summed E-state index contributed by atoms with van der Waals surface area (Å²) in [6.45, 7) is 1.93. The summed E-state index contributed by atoms with van der Waals surface area (Å²) < 4.78 is 14.0. The third-order valence-electron chi connectivity index (χ3n) is 2.78. The lowest BCUT2D eigenvalue weighted by Crippen LogP contribution is -1.83. The number of hydrogen-bond donors (Lipinski definition) is 1. The average Bonchev–Trinajstić information content (AvgIpc) is 2.71. The van der Waals surface area contributed by atoms with E-state index in [0.717, 1.165) is 20.8 Å². The number of thiazole rings is 1. The SMILES string of the molecule is Cc1nc2c(-c3ccc(F)cc3)c(O)ccc2s1. The number of phenolic OH excluding ortho intramolecular Hbond substituents is 1. The fraction of sp³-hybridized carbons (Fsp3) is 0.0714. The Morgan fingerprint density at radius 2 is 1.83 bits per heavy atom. The van der Waals surface area contributed by atoms with Crippen molar-refractivity contribution in [3.63, 3.8) is 0 Å². The van der Waals surface area contributed by atoms with Crippen molar-refractivity contribution in [1.29, 1.82) is 0 Å². The molecule has 1 N–H and O–H groups in total. The molecule has 2 nitrogen and oxygen atoms in total. The zero-order valence-corrected chi connectivity index (χ0v) is 10.5. The van der Waals surface area contributed by atoms with Crippen LogP contribution < -0.4 is 0 Å². The molecule has 0 saturated carbocycles. The van der Waals surface area contributed by atoms with Gasteiger partial charge in [-0.25, -0.2) is 9.37 Å². The van der Waals surface area contributed by atoms with Crippen molar-refractivity contribution in [2.75, 3.05) is 0 Å². The first-order chi connectivity index (χ1) is 8.65. The Hall–Kier alpha value is -1.94. The van der Waals surface area contributed by atoms with Crippen molar-refractivity contribution in [1.82, 2.24) is 4.98 Å². The van der Waals surface area contributed by atoms with Gasteiger partial charge in [0, 0.05) is 0 Å². The molecule has 0 fully saturated rings. The number of aromatic hydroxyl groups is 1. The molecule has 0 aliphatic carbocycles. The maximum Gasteiger partial charge on any atom is 0.125 e. The van der Waals surface area contributed by atoms with E-state index in [1.807, 2.05) is 13.0 Å². The van der Waals surface area contributed by atoms with Crippen LogP contribution in [0.3, 0.4) is 0 Å². The summed E-state index contributed by atoms with van der Waals surface area (Å²) in [6.07, 6.45) is 0. The average molecular weight is 259 g/mol. The van der Waals surface area contributed by atoms with E-state index in [0.29, 0.717) is 5.56 Å². The zero-order valence-electron chi connectivity index (χ0n) is 9.64. The molecular formula is C14H10FNOS. The van der Waals surface area contributed by atoms with Gasteiger partial charge in [-0.05, 0) is 36.8 Å². The molecule has 0 aliphatic heterocycles. The molecule has 90 valence electrons. The second kappa shape index (κ2) is 4.07. The molecule has 3 aromatic rings. The summed E-state index contributed by atoms with van der Waals surface area (Å²) in [5, 5.41) is 11.0. The number of benzene rings is 2. The van der Waals surface area contributed by atoms with Gasteiger partial charge in [-0.2, -0.15) is 0 Å². The van der Waals surface area contributed by atoms with Gasteiger partial charge >= 0.3 is 0 Å². The van der Waals surface area contributed by atoms with Crippen LogP contribution in [0.5, 0.6) is 5.75 Å². The summed E-state index contributed by atoms with van der Waals surface area (Å²) in [4.78, 5) is 4.44. The van der Waals surface area contributed by atoms with Gasteiger partial charge < -0.3 is 5.11 Å². The monoisotopic (exact) mass is 259 g/mol. The van der Waals surface area contributed by atoms with Crippen LogP contribution in [-0.2, 0) is 0 Å². The number of phenols is 1. The Bertz CT molecular complexity index is 718. The molecule has 3 rings (SSSR count). The predicted octanol–water partition coefficient (Wildman–Crippen LogP) is 4.12. The minimum atomic E-state index is -0.292. The van der Waals surface area contributed by atoms with E-state index in [1.54, 1.807) is 29.5 Å². The third kappa shape index (κ3) is 1.75. The zero-order chi connectivity index (χ0) is 12.7. The highest BCUT2D eigenvalue weighted by Gasteiger charge is 2.12. The van der Waals surface area contributed by atoms with Crippen LogP contribution in [0.1, 0.15) is 5.01 Å². The molecule has 0 saturated heterocycles. The fourth-order valence-electron chi connectivity index (χ4n) is 2.00. The van der Waals surface area contributed by atoms with Crippen LogP contribution in [0, 0.1) is 12.7 Å². The topological polar surface area (TPSA) is 33.1 Å². The second-order valence-corrected chi connectivity index (χ2v) is 5.28. The van der Waals surface area contributed by atoms with Crippen LogP contribution in [0.25, 0.3) is 21.3 Å². The fourth-order valence-corrected chi connectivity index (χ4v) is 2.83. The quantitative estimate of drug-likeness (QED) is 0.713. The highest BCUT2D eigenvalue weighted by atomic mass is 32.1. The minimum absolute atomic E-state index is 0.166. The number of aromatic nitrogens is 1. The van der Waals surface area contributed by atoms with Crippen LogP contribution in [0.15, 0.2) is 36.4 Å². The first kappa shape index (κ1) is 11.2. The summed E-state index contributed by atoms with van der Waals surface area (Å²) in [6, 6.07) is 9.57. The molecule has 0 aliphatic rings. The number of nitrogens with zero attached hydrogens (tertiary/aromatic N) is 1. The standard InChI is InChI=1S/C14H10FNOS/c1-8-16-14-12(18-8)7-6-11(17)13(14)9-2-4-10(15)5-3-9/h2-7,17H,1H3. The van der Waals surface area contributed by atoms with Gasteiger partial charge in [-0.3, -0.25) is 0 Å². The molecule has 4 heteroatoms. The molecule has 1 heterocycles. The second-order valence-electron chi connectivity index (χ2n) is 4.05. The Kier molecular flexibility index (Phi) is 2.52. The van der Waals surface area contributed by atoms with Gasteiger partial charge in [0.1, 0.15) is 11.6 Å². The van der Waals surface area contributed by atoms with Crippen molar-refractivity contribution < 1.29 is 9.50 Å². The van der Waals surface area contributed by atoms with E-state index in [-0.39, 0.29) is 11.6 Å². The van der Waals surface area contributed by atoms with E-state index >= 15 is 0 Å². The highest BCUT2D eigenvalue weighted by Crippen LogP contribution is 2.37. The first-order valence-electron chi connectivity index (χ1n) is 5.50. The molecule has 0 radical (unpaired) electrons. The molecule has 0 unspecified atom stereocenters. The van der Waals surface area contributed by atoms with Crippen molar-refractivity contribution >= 4 is 21.6 Å². The van der Waals surface area contributed by atoms with Gasteiger partial charge in [-0.1, -0.05) is 12.1 Å². The molecule has 0 spiro atoms. The van der Waals surface area contributed by atoms with E-state index in [2.05, 4.69) is 4.98 Å². The summed E-state index contributed by atoms with van der Waals surface area (Å²) >= 11 is 1.58. The first-order valence-corrected chi connectivity index (χ1v) is 6.32. The Balaban J connectivity index is 2.32. The Morgan fingerprint density at radius 3 is 2.56 bits per heavy atom.